The first-order valence-electron chi connectivity index (χ1n) is 7.05. The molecule has 0 aliphatic rings. The highest BCUT2D eigenvalue weighted by Gasteiger charge is 2.15. The predicted molar refractivity (Wildman–Crippen MR) is 93.6 cm³/mol. The second-order valence-electron chi connectivity index (χ2n) is 5.77. The molecular formula is C18H22OS2. The van der Waals surface area contributed by atoms with Crippen molar-refractivity contribution in [3.05, 3.63) is 57.6 Å². The van der Waals surface area contributed by atoms with Gasteiger partial charge in [-0.2, -0.15) is 0 Å². The van der Waals surface area contributed by atoms with Gasteiger partial charge in [0.15, 0.2) is 0 Å². The van der Waals surface area contributed by atoms with Crippen molar-refractivity contribution in [2.24, 2.45) is 0 Å². The minimum absolute atomic E-state index is 0.963. The minimum Gasteiger partial charge on any atom is -0.242 e. The van der Waals surface area contributed by atoms with Crippen molar-refractivity contribution in [2.75, 3.05) is 0 Å². The van der Waals surface area contributed by atoms with Crippen LogP contribution in [0, 0.1) is 41.5 Å². The van der Waals surface area contributed by atoms with Crippen molar-refractivity contribution in [1.82, 2.24) is 0 Å². The molecule has 21 heavy (non-hydrogen) atoms. The molecule has 0 unspecified atom stereocenters. The smallest absolute Gasteiger partial charge is 0.118 e. The lowest BCUT2D eigenvalue weighted by Crippen LogP contribution is -1.97. The van der Waals surface area contributed by atoms with E-state index in [2.05, 4.69) is 52.0 Å². The quantitative estimate of drug-likeness (QED) is 0.709. The molecule has 2 aromatic carbocycles. The van der Waals surface area contributed by atoms with Crippen LogP contribution in [0.3, 0.4) is 0 Å². The molecule has 0 spiro atoms. The molecule has 0 aliphatic heterocycles. The minimum atomic E-state index is -1.08. The maximum absolute atomic E-state index is 12.8. The molecule has 0 heterocycles. The molecular weight excluding hydrogens is 296 g/mol. The molecule has 0 aromatic heterocycles. The standard InChI is InChI=1S/C18H22OS2/c1-11-7-13(3)17(14(4)8-11)20-21(19)18-15(5)9-12(2)10-16(18)6/h7-10H,1-6H3/t21-/m0/s1. The topological polar surface area (TPSA) is 17.1 Å². The molecule has 0 saturated heterocycles. The monoisotopic (exact) mass is 318 g/mol. The van der Waals surface area contributed by atoms with Gasteiger partial charge in [-0.25, -0.2) is 4.21 Å². The summed E-state index contributed by atoms with van der Waals surface area (Å²) in [4.78, 5) is 2.10. The van der Waals surface area contributed by atoms with Gasteiger partial charge >= 0.3 is 0 Å². The number of hydrogen-bond donors (Lipinski definition) is 0. The Morgan fingerprint density at radius 2 is 1.10 bits per heavy atom. The van der Waals surface area contributed by atoms with E-state index in [9.17, 15) is 4.21 Å². The third-order valence-corrected chi connectivity index (χ3v) is 6.93. The van der Waals surface area contributed by atoms with Gasteiger partial charge < -0.3 is 0 Å². The van der Waals surface area contributed by atoms with Crippen LogP contribution in [0.15, 0.2) is 34.1 Å². The molecule has 0 amide bonds. The Morgan fingerprint density at radius 1 is 0.714 bits per heavy atom. The molecule has 0 saturated carbocycles. The van der Waals surface area contributed by atoms with Crippen LogP contribution in [-0.4, -0.2) is 4.21 Å². The van der Waals surface area contributed by atoms with E-state index in [0.717, 1.165) is 20.9 Å². The summed E-state index contributed by atoms with van der Waals surface area (Å²) in [5, 5.41) is 0. The molecule has 2 aromatic rings. The highest BCUT2D eigenvalue weighted by atomic mass is 33.1. The van der Waals surface area contributed by atoms with Gasteiger partial charge in [0.1, 0.15) is 9.83 Å². The van der Waals surface area contributed by atoms with Crippen molar-refractivity contribution in [3.63, 3.8) is 0 Å². The van der Waals surface area contributed by atoms with Crippen molar-refractivity contribution in [1.29, 1.82) is 0 Å². The molecule has 3 heteroatoms. The Hall–Kier alpha value is -1.06. The highest BCUT2D eigenvalue weighted by molar-refractivity contribution is 8.69. The van der Waals surface area contributed by atoms with Crippen LogP contribution in [-0.2, 0) is 9.83 Å². The second kappa shape index (κ2) is 6.37. The summed E-state index contributed by atoms with van der Waals surface area (Å²) in [5.41, 5.74) is 7.10. The summed E-state index contributed by atoms with van der Waals surface area (Å²) in [5.74, 6) is 0. The Morgan fingerprint density at radius 3 is 1.52 bits per heavy atom. The van der Waals surface area contributed by atoms with Crippen molar-refractivity contribution < 1.29 is 4.21 Å². The molecule has 0 aliphatic carbocycles. The Bertz CT molecular complexity index is 671. The van der Waals surface area contributed by atoms with Crippen molar-refractivity contribution in [3.8, 4) is 0 Å². The number of benzene rings is 2. The van der Waals surface area contributed by atoms with Gasteiger partial charge in [-0.1, -0.05) is 35.4 Å². The number of aryl methyl sites for hydroxylation is 6. The Balaban J connectivity index is 2.40. The lowest BCUT2D eigenvalue weighted by molar-refractivity contribution is 0.690. The Kier molecular flexibility index (Phi) is 4.95. The maximum Gasteiger partial charge on any atom is 0.118 e. The van der Waals surface area contributed by atoms with E-state index in [1.165, 1.54) is 33.0 Å². The fourth-order valence-corrected chi connectivity index (χ4v) is 6.39. The van der Waals surface area contributed by atoms with Crippen molar-refractivity contribution >= 4 is 20.6 Å². The van der Waals surface area contributed by atoms with Crippen LogP contribution in [0.2, 0.25) is 0 Å². The Labute approximate surface area is 134 Å². The highest BCUT2D eigenvalue weighted by Crippen LogP contribution is 2.35. The van der Waals surface area contributed by atoms with Crippen LogP contribution < -0.4 is 0 Å². The third-order valence-electron chi connectivity index (χ3n) is 3.54. The van der Waals surface area contributed by atoms with Gasteiger partial charge in [0.25, 0.3) is 0 Å². The largest absolute Gasteiger partial charge is 0.242 e. The molecule has 2 rings (SSSR count). The summed E-state index contributed by atoms with van der Waals surface area (Å²) >= 11 is 0. The van der Waals surface area contributed by atoms with Crippen LogP contribution in [0.25, 0.3) is 0 Å². The SMILES string of the molecule is Cc1cc(C)c(S[S@](=O)c2c(C)cc(C)cc2C)c(C)c1. The summed E-state index contributed by atoms with van der Waals surface area (Å²) in [7, 11) is 0.389. The van der Waals surface area contributed by atoms with E-state index in [0.29, 0.717) is 0 Å². The average molecular weight is 319 g/mol. The van der Waals surface area contributed by atoms with Gasteiger partial charge in [-0.05, 0) is 74.6 Å². The van der Waals surface area contributed by atoms with E-state index in [1.54, 1.807) is 0 Å². The van der Waals surface area contributed by atoms with E-state index >= 15 is 0 Å². The second-order valence-corrected chi connectivity index (χ2v) is 8.63. The van der Waals surface area contributed by atoms with E-state index in [4.69, 9.17) is 0 Å². The van der Waals surface area contributed by atoms with Crippen LogP contribution in [0.5, 0.6) is 0 Å². The van der Waals surface area contributed by atoms with Gasteiger partial charge in [0.2, 0.25) is 0 Å². The molecule has 1 atom stereocenters. The third kappa shape index (κ3) is 3.58. The lowest BCUT2D eigenvalue weighted by Gasteiger charge is -2.13. The zero-order valence-electron chi connectivity index (χ0n) is 13.5. The van der Waals surface area contributed by atoms with E-state index < -0.39 is 9.83 Å². The lowest BCUT2D eigenvalue weighted by atomic mass is 10.1. The summed E-state index contributed by atoms with van der Waals surface area (Å²) in [6, 6.07) is 8.52. The van der Waals surface area contributed by atoms with Crippen molar-refractivity contribution in [2.45, 2.75) is 51.3 Å². The van der Waals surface area contributed by atoms with Crippen LogP contribution >= 0.6 is 10.8 Å². The fraction of sp³-hybridized carbons (Fsp3) is 0.333. The first-order chi connectivity index (χ1) is 9.79. The number of rotatable bonds is 3. The van der Waals surface area contributed by atoms with Crippen LogP contribution in [0.1, 0.15) is 33.4 Å². The van der Waals surface area contributed by atoms with Gasteiger partial charge in [-0.15, -0.1) is 0 Å². The zero-order valence-corrected chi connectivity index (χ0v) is 15.2. The summed E-state index contributed by atoms with van der Waals surface area (Å²) in [6.07, 6.45) is 0. The van der Waals surface area contributed by atoms with Gasteiger partial charge in [0.05, 0.1) is 4.90 Å². The molecule has 0 fully saturated rings. The van der Waals surface area contributed by atoms with Crippen LogP contribution in [0.4, 0.5) is 0 Å². The molecule has 112 valence electrons. The molecule has 1 nitrogen and oxygen atoms in total. The molecule has 0 bridgehead atoms. The fourth-order valence-electron chi connectivity index (χ4n) is 2.85. The summed E-state index contributed by atoms with van der Waals surface area (Å²) < 4.78 is 12.8. The maximum atomic E-state index is 12.8. The molecule has 0 radical (unpaired) electrons. The van der Waals surface area contributed by atoms with Gasteiger partial charge in [-0.3, -0.25) is 0 Å². The van der Waals surface area contributed by atoms with E-state index in [1.807, 2.05) is 13.8 Å². The van der Waals surface area contributed by atoms with E-state index in [-0.39, 0.29) is 0 Å². The first kappa shape index (κ1) is 16.3. The number of hydrogen-bond acceptors (Lipinski definition) is 2. The van der Waals surface area contributed by atoms with Gasteiger partial charge in [0, 0.05) is 4.90 Å². The summed E-state index contributed by atoms with van der Waals surface area (Å²) in [6.45, 7) is 12.4. The normalized spacial score (nSPS) is 12.5. The molecule has 0 N–H and O–H groups in total. The first-order valence-corrected chi connectivity index (χ1v) is 9.53. The zero-order chi connectivity index (χ0) is 15.7. The average Bonchev–Trinajstić information content (AvgIpc) is 2.32. The predicted octanol–water partition coefficient (Wildman–Crippen LogP) is 5.35.